The zero-order chi connectivity index (χ0) is 13.0. The van der Waals surface area contributed by atoms with Crippen LogP contribution in [0.1, 0.15) is 62.2 Å². The lowest BCUT2D eigenvalue weighted by atomic mass is 9.79. The molecule has 2 nitrogen and oxygen atoms in total. The highest BCUT2D eigenvalue weighted by atomic mass is 16.3. The number of aliphatic hydroxyl groups is 2. The molecule has 0 aliphatic heterocycles. The van der Waals surface area contributed by atoms with Gasteiger partial charge in [-0.05, 0) is 35.8 Å². The minimum atomic E-state index is -0.532. The lowest BCUT2D eigenvalue weighted by Gasteiger charge is -2.26. The molecule has 2 rings (SSSR count). The van der Waals surface area contributed by atoms with Gasteiger partial charge in [0, 0.05) is 13.0 Å². The van der Waals surface area contributed by atoms with E-state index in [0.29, 0.717) is 12.3 Å². The molecule has 0 heterocycles. The molecule has 0 aromatic heterocycles. The van der Waals surface area contributed by atoms with Crippen molar-refractivity contribution in [3.05, 3.63) is 35.4 Å². The standard InChI is InChI=1S/C16H24O2/c1-12-2-4-13(5-3-12)14-6-8-15(9-7-14)16(18)10-11-17/h6-9,12-13,16-18H,2-5,10-11H2,1H3. The van der Waals surface area contributed by atoms with Gasteiger partial charge in [-0.2, -0.15) is 0 Å². The summed E-state index contributed by atoms with van der Waals surface area (Å²) in [5.74, 6) is 1.58. The molecule has 1 unspecified atom stereocenters. The van der Waals surface area contributed by atoms with E-state index in [1.807, 2.05) is 12.1 Å². The third-order valence-corrected chi connectivity index (χ3v) is 4.21. The maximum atomic E-state index is 9.80. The lowest BCUT2D eigenvalue weighted by Crippen LogP contribution is -2.11. The molecule has 0 radical (unpaired) electrons. The predicted octanol–water partition coefficient (Wildman–Crippen LogP) is 3.40. The molecular formula is C16H24O2. The summed E-state index contributed by atoms with van der Waals surface area (Å²) in [6.07, 6.45) is 5.13. The Morgan fingerprint density at radius 3 is 2.28 bits per heavy atom. The first-order valence-electron chi connectivity index (χ1n) is 7.09. The Morgan fingerprint density at radius 1 is 1.11 bits per heavy atom. The smallest absolute Gasteiger partial charge is 0.0811 e. The van der Waals surface area contributed by atoms with Crippen molar-refractivity contribution >= 4 is 0 Å². The molecule has 0 bridgehead atoms. The van der Waals surface area contributed by atoms with Gasteiger partial charge in [0.2, 0.25) is 0 Å². The molecule has 0 spiro atoms. The Kier molecular flexibility index (Phi) is 4.79. The molecule has 1 aliphatic rings. The molecule has 100 valence electrons. The van der Waals surface area contributed by atoms with Crippen molar-refractivity contribution in [2.45, 2.75) is 51.0 Å². The highest BCUT2D eigenvalue weighted by molar-refractivity contribution is 5.27. The molecule has 0 amide bonds. The number of benzene rings is 1. The van der Waals surface area contributed by atoms with Crippen LogP contribution in [0.4, 0.5) is 0 Å². The van der Waals surface area contributed by atoms with Gasteiger partial charge in [0.15, 0.2) is 0 Å². The van der Waals surface area contributed by atoms with Crippen molar-refractivity contribution in [2.75, 3.05) is 6.61 Å². The van der Waals surface area contributed by atoms with E-state index in [1.165, 1.54) is 31.2 Å². The minimum absolute atomic E-state index is 0.0312. The largest absolute Gasteiger partial charge is 0.396 e. The highest BCUT2D eigenvalue weighted by Crippen LogP contribution is 2.35. The predicted molar refractivity (Wildman–Crippen MR) is 73.5 cm³/mol. The van der Waals surface area contributed by atoms with Crippen LogP contribution in [-0.2, 0) is 0 Å². The van der Waals surface area contributed by atoms with Crippen LogP contribution in [0.3, 0.4) is 0 Å². The zero-order valence-corrected chi connectivity index (χ0v) is 11.2. The van der Waals surface area contributed by atoms with Gasteiger partial charge in [-0.25, -0.2) is 0 Å². The molecule has 2 N–H and O–H groups in total. The van der Waals surface area contributed by atoms with Gasteiger partial charge in [0.1, 0.15) is 0 Å². The van der Waals surface area contributed by atoms with Gasteiger partial charge in [-0.3, -0.25) is 0 Å². The topological polar surface area (TPSA) is 40.5 Å². The van der Waals surface area contributed by atoms with Gasteiger partial charge in [0.25, 0.3) is 0 Å². The average molecular weight is 248 g/mol. The fraction of sp³-hybridized carbons (Fsp3) is 0.625. The molecule has 1 fully saturated rings. The van der Waals surface area contributed by atoms with E-state index in [1.54, 1.807) is 0 Å². The van der Waals surface area contributed by atoms with E-state index in [0.717, 1.165) is 11.5 Å². The first kappa shape index (κ1) is 13.6. The molecule has 1 atom stereocenters. The summed E-state index contributed by atoms with van der Waals surface area (Å²) < 4.78 is 0. The molecular weight excluding hydrogens is 224 g/mol. The van der Waals surface area contributed by atoms with Gasteiger partial charge >= 0.3 is 0 Å². The zero-order valence-electron chi connectivity index (χ0n) is 11.2. The van der Waals surface area contributed by atoms with Gasteiger partial charge in [-0.1, -0.05) is 44.0 Å². The third kappa shape index (κ3) is 3.33. The second-order valence-electron chi connectivity index (χ2n) is 5.65. The second kappa shape index (κ2) is 6.35. The van der Waals surface area contributed by atoms with Gasteiger partial charge in [0.05, 0.1) is 6.10 Å². The summed E-state index contributed by atoms with van der Waals surface area (Å²) in [7, 11) is 0. The third-order valence-electron chi connectivity index (χ3n) is 4.21. The van der Waals surface area contributed by atoms with Gasteiger partial charge < -0.3 is 10.2 Å². The van der Waals surface area contributed by atoms with Crippen molar-refractivity contribution in [3.8, 4) is 0 Å². The summed E-state index contributed by atoms with van der Waals surface area (Å²) in [5, 5.41) is 18.6. The van der Waals surface area contributed by atoms with Crippen molar-refractivity contribution in [1.29, 1.82) is 0 Å². The van der Waals surface area contributed by atoms with E-state index in [9.17, 15) is 5.11 Å². The molecule has 1 aromatic carbocycles. The number of rotatable bonds is 4. The maximum Gasteiger partial charge on any atom is 0.0811 e. The Labute approximate surface area is 110 Å². The summed E-state index contributed by atoms with van der Waals surface area (Å²) in [6, 6.07) is 8.31. The van der Waals surface area contributed by atoms with Crippen LogP contribution < -0.4 is 0 Å². The summed E-state index contributed by atoms with van der Waals surface area (Å²) in [6.45, 7) is 2.37. The fourth-order valence-electron chi connectivity index (χ4n) is 2.87. The molecule has 18 heavy (non-hydrogen) atoms. The van der Waals surface area contributed by atoms with Crippen LogP contribution in [0, 0.1) is 5.92 Å². The minimum Gasteiger partial charge on any atom is -0.396 e. The normalized spacial score (nSPS) is 25.9. The Bertz CT molecular complexity index is 350. The number of hydrogen-bond donors (Lipinski definition) is 2. The van der Waals surface area contributed by atoms with Crippen LogP contribution in [0.2, 0.25) is 0 Å². The first-order chi connectivity index (χ1) is 8.70. The van der Waals surface area contributed by atoms with E-state index >= 15 is 0 Å². The highest BCUT2D eigenvalue weighted by Gasteiger charge is 2.19. The fourth-order valence-corrected chi connectivity index (χ4v) is 2.87. The molecule has 1 saturated carbocycles. The second-order valence-corrected chi connectivity index (χ2v) is 5.65. The Hall–Kier alpha value is -0.860. The average Bonchev–Trinajstić information content (AvgIpc) is 2.40. The van der Waals surface area contributed by atoms with Crippen molar-refractivity contribution in [3.63, 3.8) is 0 Å². The van der Waals surface area contributed by atoms with Crippen molar-refractivity contribution in [1.82, 2.24) is 0 Å². The van der Waals surface area contributed by atoms with E-state index in [-0.39, 0.29) is 6.61 Å². The van der Waals surface area contributed by atoms with E-state index in [2.05, 4.69) is 19.1 Å². The Morgan fingerprint density at radius 2 is 1.72 bits per heavy atom. The van der Waals surface area contributed by atoms with Gasteiger partial charge in [-0.15, -0.1) is 0 Å². The molecule has 1 aromatic rings. The monoisotopic (exact) mass is 248 g/mol. The SMILES string of the molecule is CC1CCC(c2ccc(C(O)CCO)cc2)CC1. The summed E-state index contributed by atoms with van der Waals surface area (Å²) >= 11 is 0. The maximum absolute atomic E-state index is 9.80. The number of aliphatic hydroxyl groups excluding tert-OH is 2. The van der Waals surface area contributed by atoms with Crippen LogP contribution in [-0.4, -0.2) is 16.8 Å². The van der Waals surface area contributed by atoms with Crippen molar-refractivity contribution < 1.29 is 10.2 Å². The summed E-state index contributed by atoms with van der Waals surface area (Å²) in [5.41, 5.74) is 2.32. The lowest BCUT2D eigenvalue weighted by molar-refractivity contribution is 0.134. The summed E-state index contributed by atoms with van der Waals surface area (Å²) in [4.78, 5) is 0. The first-order valence-corrected chi connectivity index (χ1v) is 7.09. The van der Waals surface area contributed by atoms with Crippen LogP contribution in [0.15, 0.2) is 24.3 Å². The van der Waals surface area contributed by atoms with Crippen LogP contribution in [0.25, 0.3) is 0 Å². The number of hydrogen-bond acceptors (Lipinski definition) is 2. The van der Waals surface area contributed by atoms with Crippen LogP contribution in [0.5, 0.6) is 0 Å². The Balaban J connectivity index is 1.99. The molecule has 0 saturated heterocycles. The van der Waals surface area contributed by atoms with E-state index < -0.39 is 6.10 Å². The molecule has 1 aliphatic carbocycles. The van der Waals surface area contributed by atoms with Crippen LogP contribution >= 0.6 is 0 Å². The van der Waals surface area contributed by atoms with Crippen molar-refractivity contribution in [2.24, 2.45) is 5.92 Å². The van der Waals surface area contributed by atoms with E-state index in [4.69, 9.17) is 5.11 Å². The molecule has 2 heteroatoms. The quantitative estimate of drug-likeness (QED) is 0.857.